The van der Waals surface area contributed by atoms with Crippen LogP contribution in [0.4, 0.5) is 0 Å². The molecule has 0 radical (unpaired) electrons. The average molecular weight is 1650 g/mol. The summed E-state index contributed by atoms with van der Waals surface area (Å²) in [5.41, 5.74) is 2.20. The first-order valence-electron chi connectivity index (χ1n) is 49.6. The Morgan fingerprint density at radius 3 is 1.24 bits per heavy atom. The van der Waals surface area contributed by atoms with E-state index in [2.05, 4.69) is 161 Å². The van der Waals surface area contributed by atoms with Gasteiger partial charge in [0, 0.05) is 121 Å². The van der Waals surface area contributed by atoms with Gasteiger partial charge in [0.25, 0.3) is 5.91 Å². The van der Waals surface area contributed by atoms with Gasteiger partial charge in [-0.1, -0.05) is 218 Å². The Kier molecular flexibility index (Phi) is 64.4. The highest BCUT2D eigenvalue weighted by Gasteiger charge is 2.47. The summed E-state index contributed by atoms with van der Waals surface area (Å²) in [6.45, 7) is 76.7. The summed E-state index contributed by atoms with van der Waals surface area (Å²) in [4.78, 5) is 81.4. The molecule has 7 heterocycles. The number of Topliss-reactive ketones (excluding diaryl/α,β-unsaturated/α-hetero) is 1. The number of carbonyl (C=O) groups excluding carboxylic acids is 6. The van der Waals surface area contributed by atoms with Crippen molar-refractivity contribution in [1.29, 1.82) is 0 Å². The predicted octanol–water partition coefficient (Wildman–Crippen LogP) is 25.4. The number of ketones is 1. The number of rotatable bonds is 24. The average Bonchev–Trinajstić information content (AvgIpc) is 1.65. The molecule has 12 rings (SSSR count). The van der Waals surface area contributed by atoms with Crippen LogP contribution in [0, 0.1) is 88.3 Å². The van der Waals surface area contributed by atoms with Crippen LogP contribution in [0.15, 0.2) is 24.3 Å². The van der Waals surface area contributed by atoms with Gasteiger partial charge in [-0.2, -0.15) is 0 Å². The van der Waals surface area contributed by atoms with Gasteiger partial charge in [-0.05, 0) is 282 Å². The zero-order valence-electron chi connectivity index (χ0n) is 82.6. The molecule has 1 N–H and O–H groups in total. The third-order valence-electron chi connectivity index (χ3n) is 23.6. The lowest BCUT2D eigenvalue weighted by Gasteiger charge is -2.33. The van der Waals surface area contributed by atoms with Gasteiger partial charge in [-0.25, -0.2) is 0 Å². The molecule has 3 atom stereocenters. The summed E-state index contributed by atoms with van der Waals surface area (Å²) in [5, 5.41) is 3.01. The number of likely N-dealkylation sites (tertiary alicyclic amines) is 5. The molecule has 686 valence electrons. The minimum atomic E-state index is 0.133. The lowest BCUT2D eigenvalue weighted by Crippen LogP contribution is -2.42. The smallest absolute Gasteiger partial charge is 0.254 e. The SMILES string of the molecule is CC.CC.CC.CC(=O)C1(CC(C)C)CC1.CC(C)CC(=O)N1CCC1.CC(C)CC(=O)N1CCCC1.CC(C)CC(=O)N1CCCCC1.CC(C)CC(=O)NC1CCC1.CC(C)CC1CC(C)C1.CC(C)CC1CCCCO1.CC(C)CCN1CC2CCCC2C1.CC(C)CCN1Cc2ccccc2C1=O.CC(C)CN1CCCCC1. The molecule has 0 bridgehead atoms. The van der Waals surface area contributed by atoms with E-state index in [1.165, 1.54) is 193 Å². The molecule has 0 spiro atoms. The van der Waals surface area contributed by atoms with Crippen molar-refractivity contribution in [2.24, 2.45) is 88.3 Å². The van der Waals surface area contributed by atoms with Crippen molar-refractivity contribution >= 4 is 35.3 Å². The number of amides is 5. The van der Waals surface area contributed by atoms with Crippen LogP contribution in [0.2, 0.25) is 0 Å². The number of hydrogen-bond donors (Lipinski definition) is 1. The van der Waals surface area contributed by atoms with Gasteiger partial charge in [-0.15, -0.1) is 0 Å². The maximum absolute atomic E-state index is 11.9. The topological polar surface area (TPSA) is 143 Å². The number of nitrogens with zero attached hydrogens (tertiary/aromatic N) is 6. The highest BCUT2D eigenvalue weighted by Crippen LogP contribution is 2.51. The summed E-state index contributed by atoms with van der Waals surface area (Å²) in [7, 11) is 0. The van der Waals surface area contributed by atoms with Crippen molar-refractivity contribution < 1.29 is 33.5 Å². The number of carbonyl (C=O) groups is 6. The summed E-state index contributed by atoms with van der Waals surface area (Å²) in [5.74, 6) is 12.9. The molecule has 11 aliphatic rings. The van der Waals surface area contributed by atoms with E-state index in [9.17, 15) is 28.8 Å². The van der Waals surface area contributed by atoms with Gasteiger partial charge in [0.05, 0.1) is 6.10 Å². The predicted molar refractivity (Wildman–Crippen MR) is 504 cm³/mol. The van der Waals surface area contributed by atoms with Crippen LogP contribution in [-0.2, 0) is 35.3 Å². The van der Waals surface area contributed by atoms with Gasteiger partial charge in [-0.3, -0.25) is 28.8 Å². The monoisotopic (exact) mass is 1640 g/mol. The Balaban J connectivity index is 0.00000127. The number of fused-ring (bicyclic) bond motifs is 2. The van der Waals surface area contributed by atoms with Gasteiger partial charge in [0.1, 0.15) is 5.78 Å². The third-order valence-corrected chi connectivity index (χ3v) is 23.6. The van der Waals surface area contributed by atoms with E-state index in [4.69, 9.17) is 4.74 Å². The fraction of sp³-hybridized carbons (Fsp3) is 0.883. The van der Waals surface area contributed by atoms with Crippen molar-refractivity contribution in [3.8, 4) is 0 Å². The van der Waals surface area contributed by atoms with Gasteiger partial charge >= 0.3 is 0 Å². The van der Waals surface area contributed by atoms with Crippen LogP contribution in [-0.4, -0.2) is 169 Å². The largest absolute Gasteiger partial charge is 0.378 e. The molecule has 14 heteroatoms. The van der Waals surface area contributed by atoms with E-state index in [-0.39, 0.29) is 17.2 Å². The molecular weight excluding hydrogens is 1450 g/mol. The Morgan fingerprint density at radius 1 is 0.453 bits per heavy atom. The highest BCUT2D eigenvalue weighted by atomic mass is 16.5. The van der Waals surface area contributed by atoms with E-state index in [1.807, 2.05) is 85.4 Å². The van der Waals surface area contributed by atoms with Crippen LogP contribution in [0.3, 0.4) is 0 Å². The maximum Gasteiger partial charge on any atom is 0.254 e. The number of benzene rings is 1. The van der Waals surface area contributed by atoms with E-state index in [0.717, 1.165) is 157 Å². The van der Waals surface area contributed by atoms with Gasteiger partial charge in [0.15, 0.2) is 0 Å². The Morgan fingerprint density at radius 2 is 0.889 bits per heavy atom. The fourth-order valence-corrected chi connectivity index (χ4v) is 16.9. The van der Waals surface area contributed by atoms with Crippen LogP contribution >= 0.6 is 0 Å². The second-order valence-corrected chi connectivity index (χ2v) is 40.2. The zero-order valence-corrected chi connectivity index (χ0v) is 82.6. The molecule has 4 aliphatic carbocycles. The first kappa shape index (κ1) is 113. The molecule has 14 nitrogen and oxygen atoms in total. The minimum absolute atomic E-state index is 0.133. The quantitative estimate of drug-likeness (QED) is 0.107. The zero-order chi connectivity index (χ0) is 88.6. The molecule has 117 heavy (non-hydrogen) atoms. The lowest BCUT2D eigenvalue weighted by molar-refractivity contribution is -0.135. The van der Waals surface area contributed by atoms with Crippen LogP contribution in [0.5, 0.6) is 0 Å². The van der Waals surface area contributed by atoms with Gasteiger partial charge < -0.3 is 39.5 Å². The standard InChI is InChI=1S/C13H17NO.C12H23N.C10H19NO.2C9H17NO.C9H19N.C9H16O.C9H18O.C9H18.C8H15NO.3C2H6/c1-10(2)7-8-14-9-11-5-3-4-6-12(11)13(14)15;1-10(2)6-7-13-8-11-4-3-5-12(11)9-13;1-9(2)8-10(12)11-6-4-3-5-7-11;1-7(2)6-9(11)10-8-4-3-5-8;1-8(2)7-9(11)10-5-3-4-6-10;1-9(2)8-10-6-4-3-5-7-10;1-7(2)6-9(4-5-9)8(3)10;1-8(2)7-9-5-3-4-6-10-9;1-7(2)4-9-5-8(3)6-9;1-7(2)6-8(10)9-4-3-5-9;3*1-2/h3-6,10H,7-9H2,1-2H3;10-12H,3-9H2,1-2H3;9H,3-8H2,1-2H3;7-8H,3-6H2,1-2H3,(H,10,11);8H,3-7H2,1-2H3;9H,3-8H2,1-2H3;7H,4-6H2,1-3H3;8-9H,3-7H2,1-2H3;7-9H,4-6H2,1-3H3;7H,3-6H2,1-2H3;3*1-2H3. The van der Waals surface area contributed by atoms with Crippen molar-refractivity contribution in [3.63, 3.8) is 0 Å². The van der Waals surface area contributed by atoms with Crippen molar-refractivity contribution in [2.45, 2.75) is 412 Å². The molecule has 1 aromatic rings. The summed E-state index contributed by atoms with van der Waals surface area (Å²) in [6, 6.07) is 8.40. The van der Waals surface area contributed by atoms with Crippen LogP contribution in [0.25, 0.3) is 0 Å². The number of hydrogen-bond acceptors (Lipinski definition) is 9. The molecular formula is C103H197N7O7. The fourth-order valence-electron chi connectivity index (χ4n) is 16.9. The summed E-state index contributed by atoms with van der Waals surface area (Å²) >= 11 is 0. The molecule has 10 fully saturated rings. The lowest BCUT2D eigenvalue weighted by atomic mass is 9.72. The molecule has 4 saturated carbocycles. The van der Waals surface area contributed by atoms with E-state index >= 15 is 0 Å². The Bertz CT molecular complexity index is 2590. The number of nitrogens with one attached hydrogen (secondary N) is 1. The second-order valence-electron chi connectivity index (χ2n) is 40.2. The maximum atomic E-state index is 11.9. The van der Waals surface area contributed by atoms with Crippen LogP contribution < -0.4 is 5.32 Å². The highest BCUT2D eigenvalue weighted by molar-refractivity contribution is 5.98. The van der Waals surface area contributed by atoms with E-state index in [0.29, 0.717) is 77.6 Å². The first-order valence-corrected chi connectivity index (χ1v) is 49.6. The first-order chi connectivity index (χ1) is 55.5. The molecule has 0 aromatic heterocycles. The Hall–Kier alpha value is -3.88. The summed E-state index contributed by atoms with van der Waals surface area (Å²) < 4.78 is 5.59. The molecule has 6 saturated heterocycles. The van der Waals surface area contributed by atoms with E-state index in [1.54, 1.807) is 6.92 Å². The second kappa shape index (κ2) is 66.7. The Labute approximate surface area is 726 Å². The molecule has 1 aromatic carbocycles. The molecule has 7 aliphatic heterocycles. The van der Waals surface area contributed by atoms with Crippen molar-refractivity contribution in [3.05, 3.63) is 35.4 Å². The minimum Gasteiger partial charge on any atom is -0.378 e. The molecule has 5 amide bonds. The number of ether oxygens (including phenoxy) is 1. The van der Waals surface area contributed by atoms with Crippen molar-refractivity contribution in [2.75, 3.05) is 91.7 Å². The summed E-state index contributed by atoms with van der Waals surface area (Å²) in [6.07, 6.45) is 38.7. The van der Waals surface area contributed by atoms with Gasteiger partial charge in [0.2, 0.25) is 23.6 Å². The van der Waals surface area contributed by atoms with E-state index < -0.39 is 0 Å². The molecule has 3 unspecified atom stereocenters. The van der Waals surface area contributed by atoms with Crippen molar-refractivity contribution in [1.82, 2.24) is 34.7 Å². The van der Waals surface area contributed by atoms with Crippen LogP contribution in [0.1, 0.15) is 409 Å². The number of piperidine rings is 2. The third kappa shape index (κ3) is 54.4. The normalized spacial score (nSPS) is 21.3.